The van der Waals surface area contributed by atoms with E-state index in [0.717, 1.165) is 18.5 Å². The molecule has 3 aliphatic rings. The minimum atomic E-state index is 0.441. The van der Waals surface area contributed by atoms with Gasteiger partial charge in [-0.3, -0.25) is 0 Å². The molecule has 1 saturated heterocycles. The second-order valence-corrected chi connectivity index (χ2v) is 8.99. The molecule has 2 aliphatic carbocycles. The summed E-state index contributed by atoms with van der Waals surface area (Å²) in [7, 11) is 0. The molecule has 1 aromatic rings. The van der Waals surface area contributed by atoms with Crippen LogP contribution in [0.2, 0.25) is 0 Å². The summed E-state index contributed by atoms with van der Waals surface area (Å²) in [5, 5.41) is 4.97. The van der Waals surface area contributed by atoms with Crippen LogP contribution >= 0.6 is 11.3 Å². The van der Waals surface area contributed by atoms with Crippen molar-refractivity contribution in [2.75, 3.05) is 18.0 Å². The number of aromatic nitrogens is 1. The van der Waals surface area contributed by atoms with E-state index in [1.807, 2.05) is 11.3 Å². The Morgan fingerprint density at radius 1 is 1.29 bits per heavy atom. The molecule has 4 rings (SSSR count). The highest BCUT2D eigenvalue weighted by molar-refractivity contribution is 7.15. The topological polar surface area (TPSA) is 28.2 Å². The van der Waals surface area contributed by atoms with Crippen molar-refractivity contribution in [3.05, 3.63) is 10.6 Å². The predicted molar refractivity (Wildman–Crippen MR) is 89.2 cm³/mol. The van der Waals surface area contributed by atoms with Crippen LogP contribution in [0.5, 0.6) is 0 Å². The molecule has 1 N–H and O–H groups in total. The molecule has 3 nitrogen and oxygen atoms in total. The Morgan fingerprint density at radius 3 is 2.76 bits per heavy atom. The van der Waals surface area contributed by atoms with Gasteiger partial charge in [-0.05, 0) is 43.9 Å². The van der Waals surface area contributed by atoms with Gasteiger partial charge in [-0.15, -0.1) is 11.3 Å². The van der Waals surface area contributed by atoms with Gasteiger partial charge in [0.05, 0.1) is 5.69 Å². The molecule has 1 aromatic heterocycles. The molecule has 0 atom stereocenters. The smallest absolute Gasteiger partial charge is 0.185 e. The van der Waals surface area contributed by atoms with Gasteiger partial charge >= 0.3 is 0 Å². The number of rotatable bonds is 5. The van der Waals surface area contributed by atoms with E-state index < -0.39 is 0 Å². The fourth-order valence-electron chi connectivity index (χ4n) is 3.40. The monoisotopic (exact) mass is 305 g/mol. The maximum atomic E-state index is 5.06. The van der Waals surface area contributed by atoms with Crippen LogP contribution in [0.3, 0.4) is 0 Å². The van der Waals surface area contributed by atoms with Gasteiger partial charge in [-0.25, -0.2) is 4.98 Å². The quantitative estimate of drug-likeness (QED) is 0.894. The average Bonchev–Trinajstić information content (AvgIpc) is 3.34. The Hall–Kier alpha value is -0.610. The molecule has 0 bridgehead atoms. The number of piperidine rings is 1. The van der Waals surface area contributed by atoms with Gasteiger partial charge in [0.2, 0.25) is 0 Å². The van der Waals surface area contributed by atoms with Crippen molar-refractivity contribution in [1.82, 2.24) is 10.3 Å². The summed E-state index contributed by atoms with van der Waals surface area (Å²) in [6.45, 7) is 8.19. The third-order valence-electron chi connectivity index (χ3n) is 4.98. The van der Waals surface area contributed by atoms with Crippen molar-refractivity contribution in [2.45, 2.75) is 70.9 Å². The number of nitrogens with zero attached hydrogens (tertiary/aromatic N) is 2. The van der Waals surface area contributed by atoms with E-state index in [0.29, 0.717) is 5.41 Å². The molecule has 1 aliphatic heterocycles. The van der Waals surface area contributed by atoms with Crippen LogP contribution in [0.25, 0.3) is 0 Å². The van der Waals surface area contributed by atoms with Crippen LogP contribution in [-0.4, -0.2) is 24.1 Å². The van der Waals surface area contributed by atoms with E-state index in [2.05, 4.69) is 24.1 Å². The zero-order valence-electron chi connectivity index (χ0n) is 13.3. The highest BCUT2D eigenvalue weighted by atomic mass is 32.1. The second-order valence-electron chi connectivity index (χ2n) is 7.92. The summed E-state index contributed by atoms with van der Waals surface area (Å²) in [6.07, 6.45) is 8.09. The lowest BCUT2D eigenvalue weighted by Gasteiger charge is -2.37. The Morgan fingerprint density at radius 2 is 2.10 bits per heavy atom. The summed E-state index contributed by atoms with van der Waals surface area (Å²) in [5.74, 6) is 0.767. The van der Waals surface area contributed by atoms with Crippen LogP contribution < -0.4 is 10.2 Å². The minimum absolute atomic E-state index is 0.441. The van der Waals surface area contributed by atoms with E-state index in [-0.39, 0.29) is 0 Å². The molecule has 21 heavy (non-hydrogen) atoms. The first-order valence-corrected chi connectivity index (χ1v) is 9.40. The molecule has 4 heteroatoms. The van der Waals surface area contributed by atoms with E-state index in [1.54, 1.807) is 0 Å². The molecule has 0 spiro atoms. The fourth-order valence-corrected chi connectivity index (χ4v) is 4.52. The van der Waals surface area contributed by atoms with E-state index in [1.165, 1.54) is 67.3 Å². The first kappa shape index (κ1) is 14.0. The van der Waals surface area contributed by atoms with Crippen molar-refractivity contribution in [3.63, 3.8) is 0 Å². The Balaban J connectivity index is 1.52. The van der Waals surface area contributed by atoms with Gasteiger partial charge in [0.25, 0.3) is 0 Å². The lowest BCUT2D eigenvalue weighted by atomic mass is 9.84. The van der Waals surface area contributed by atoms with E-state index >= 15 is 0 Å². The lowest BCUT2D eigenvalue weighted by Crippen LogP contribution is -2.40. The van der Waals surface area contributed by atoms with Crippen LogP contribution in [0.4, 0.5) is 5.13 Å². The number of hydrogen-bond donors (Lipinski definition) is 1. The van der Waals surface area contributed by atoms with Gasteiger partial charge in [0, 0.05) is 36.5 Å². The minimum Gasteiger partial charge on any atom is -0.348 e. The van der Waals surface area contributed by atoms with Gasteiger partial charge in [0.15, 0.2) is 5.13 Å². The summed E-state index contributed by atoms with van der Waals surface area (Å²) < 4.78 is 0. The Kier molecular flexibility index (Phi) is 3.49. The van der Waals surface area contributed by atoms with Gasteiger partial charge < -0.3 is 10.2 Å². The number of anilines is 1. The average molecular weight is 305 g/mol. The van der Waals surface area contributed by atoms with Crippen LogP contribution in [0.15, 0.2) is 0 Å². The SMILES string of the molecule is CC1(C)CCCN(c2nc(C3CC3)c(CNC3CC3)s2)C1. The third-order valence-corrected chi connectivity index (χ3v) is 6.11. The molecule has 3 fully saturated rings. The highest BCUT2D eigenvalue weighted by Gasteiger charge is 2.33. The largest absolute Gasteiger partial charge is 0.348 e. The first-order chi connectivity index (χ1) is 10.1. The summed E-state index contributed by atoms with van der Waals surface area (Å²) in [6, 6.07) is 0.788. The second kappa shape index (κ2) is 5.24. The lowest BCUT2D eigenvalue weighted by molar-refractivity contribution is 0.293. The Labute approximate surface area is 132 Å². The van der Waals surface area contributed by atoms with Crippen LogP contribution in [-0.2, 0) is 6.54 Å². The Bertz CT molecular complexity index is 514. The molecule has 116 valence electrons. The zero-order valence-corrected chi connectivity index (χ0v) is 14.1. The van der Waals surface area contributed by atoms with Crippen LogP contribution in [0.1, 0.15) is 68.9 Å². The predicted octanol–water partition coefficient (Wildman–Crippen LogP) is 3.90. The zero-order chi connectivity index (χ0) is 14.4. The van der Waals surface area contributed by atoms with Gasteiger partial charge in [-0.1, -0.05) is 13.8 Å². The molecular formula is C17H27N3S. The fraction of sp³-hybridized carbons (Fsp3) is 0.824. The normalized spacial score (nSPS) is 25.3. The van der Waals surface area contributed by atoms with Gasteiger partial charge in [0.1, 0.15) is 0 Å². The van der Waals surface area contributed by atoms with E-state index in [4.69, 9.17) is 4.98 Å². The molecule has 0 unspecified atom stereocenters. The maximum absolute atomic E-state index is 5.06. The van der Waals surface area contributed by atoms with E-state index in [9.17, 15) is 0 Å². The molecule has 2 heterocycles. The summed E-state index contributed by atoms with van der Waals surface area (Å²) >= 11 is 1.96. The molecule has 0 aromatic carbocycles. The molecule has 2 saturated carbocycles. The van der Waals surface area contributed by atoms with Crippen molar-refractivity contribution in [2.24, 2.45) is 5.41 Å². The standard InChI is InChI=1S/C17H27N3S/c1-17(2)8-3-9-20(11-17)16-19-15(12-4-5-12)14(21-16)10-18-13-6-7-13/h12-13,18H,3-11H2,1-2H3. The number of nitrogens with one attached hydrogen (secondary N) is 1. The maximum Gasteiger partial charge on any atom is 0.185 e. The molecule has 0 amide bonds. The van der Waals surface area contributed by atoms with Crippen molar-refractivity contribution < 1.29 is 0 Å². The summed E-state index contributed by atoms with van der Waals surface area (Å²) in [4.78, 5) is 9.12. The van der Waals surface area contributed by atoms with Crippen molar-refractivity contribution in [3.8, 4) is 0 Å². The highest BCUT2D eigenvalue weighted by Crippen LogP contribution is 2.45. The molecular weight excluding hydrogens is 278 g/mol. The third kappa shape index (κ3) is 3.26. The number of thiazole rings is 1. The summed E-state index contributed by atoms with van der Waals surface area (Å²) in [5.41, 5.74) is 1.86. The number of hydrogen-bond acceptors (Lipinski definition) is 4. The van der Waals surface area contributed by atoms with Crippen molar-refractivity contribution >= 4 is 16.5 Å². The van der Waals surface area contributed by atoms with Crippen molar-refractivity contribution in [1.29, 1.82) is 0 Å². The first-order valence-electron chi connectivity index (χ1n) is 8.59. The van der Waals surface area contributed by atoms with Gasteiger partial charge in [-0.2, -0.15) is 0 Å². The van der Waals surface area contributed by atoms with Crippen LogP contribution in [0, 0.1) is 5.41 Å². The molecule has 0 radical (unpaired) electrons.